The van der Waals surface area contributed by atoms with Crippen molar-refractivity contribution in [2.24, 2.45) is 17.8 Å². The molecule has 1 aliphatic rings. The zero-order valence-electron chi connectivity index (χ0n) is 10.9. The molecule has 2 N–H and O–H groups in total. The summed E-state index contributed by atoms with van der Waals surface area (Å²) in [6.45, 7) is 7.43. The van der Waals surface area contributed by atoms with E-state index < -0.39 is 10.2 Å². The summed E-state index contributed by atoms with van der Waals surface area (Å²) in [6, 6.07) is 0. The number of nitrogens with zero attached hydrogens (tertiary/aromatic N) is 1. The molecule has 1 saturated heterocycles. The monoisotopic (exact) mass is 264 g/mol. The lowest BCUT2D eigenvalue weighted by atomic mass is 9.94. The van der Waals surface area contributed by atoms with Gasteiger partial charge in [-0.3, -0.25) is 0 Å². The van der Waals surface area contributed by atoms with E-state index in [1.165, 1.54) is 4.31 Å². The molecule has 1 rings (SSSR count). The molecule has 5 nitrogen and oxygen atoms in total. The Morgan fingerprint density at radius 3 is 2.35 bits per heavy atom. The van der Waals surface area contributed by atoms with Crippen LogP contribution in [0.4, 0.5) is 0 Å². The van der Waals surface area contributed by atoms with Crippen LogP contribution < -0.4 is 4.72 Å². The Labute approximate surface area is 104 Å². The SMILES string of the molecule is CC(CO)CNS(=O)(=O)N1CC(C)CC(C)C1. The van der Waals surface area contributed by atoms with Gasteiger partial charge in [0.15, 0.2) is 0 Å². The van der Waals surface area contributed by atoms with Gasteiger partial charge in [-0.2, -0.15) is 12.7 Å². The second kappa shape index (κ2) is 6.13. The maximum Gasteiger partial charge on any atom is 0.279 e. The summed E-state index contributed by atoms with van der Waals surface area (Å²) >= 11 is 0. The number of piperidine rings is 1. The zero-order chi connectivity index (χ0) is 13.1. The second-order valence-corrected chi connectivity index (χ2v) is 7.16. The molecule has 102 valence electrons. The first-order chi connectivity index (χ1) is 7.85. The van der Waals surface area contributed by atoms with Crippen LogP contribution in [0.25, 0.3) is 0 Å². The molecule has 3 atom stereocenters. The van der Waals surface area contributed by atoms with Gasteiger partial charge in [-0.15, -0.1) is 0 Å². The molecule has 0 spiro atoms. The summed E-state index contributed by atoms with van der Waals surface area (Å²) in [5.74, 6) is 0.764. The van der Waals surface area contributed by atoms with Gasteiger partial charge < -0.3 is 5.11 Å². The largest absolute Gasteiger partial charge is 0.396 e. The Balaban J connectivity index is 2.57. The van der Waals surface area contributed by atoms with E-state index in [1.807, 2.05) is 6.92 Å². The molecule has 1 heterocycles. The van der Waals surface area contributed by atoms with E-state index in [9.17, 15) is 8.42 Å². The minimum atomic E-state index is -3.38. The predicted octanol–water partition coefficient (Wildman–Crippen LogP) is 0.427. The first-order valence-corrected chi connectivity index (χ1v) is 7.64. The maximum atomic E-state index is 12.0. The lowest BCUT2D eigenvalue weighted by Gasteiger charge is -2.34. The minimum absolute atomic E-state index is 0.00464. The molecule has 6 heteroatoms. The number of hydrogen-bond donors (Lipinski definition) is 2. The number of rotatable bonds is 5. The van der Waals surface area contributed by atoms with Crippen molar-refractivity contribution >= 4 is 10.2 Å². The van der Waals surface area contributed by atoms with Gasteiger partial charge in [-0.05, 0) is 24.2 Å². The van der Waals surface area contributed by atoms with Crippen LogP contribution in [0.3, 0.4) is 0 Å². The average molecular weight is 264 g/mol. The van der Waals surface area contributed by atoms with E-state index in [-0.39, 0.29) is 19.1 Å². The molecule has 0 aliphatic carbocycles. The zero-order valence-corrected chi connectivity index (χ0v) is 11.7. The Kier molecular flexibility index (Phi) is 5.37. The third-order valence-electron chi connectivity index (χ3n) is 3.10. The van der Waals surface area contributed by atoms with Crippen LogP contribution in [0.2, 0.25) is 0 Å². The topological polar surface area (TPSA) is 69.6 Å². The molecular formula is C11H24N2O3S. The molecule has 0 radical (unpaired) electrons. The lowest BCUT2D eigenvalue weighted by Crippen LogP contribution is -2.48. The van der Waals surface area contributed by atoms with E-state index >= 15 is 0 Å². The molecule has 17 heavy (non-hydrogen) atoms. The normalized spacial score (nSPS) is 29.2. The Morgan fingerprint density at radius 1 is 1.35 bits per heavy atom. The molecule has 1 fully saturated rings. The molecule has 0 aromatic rings. The minimum Gasteiger partial charge on any atom is -0.396 e. The van der Waals surface area contributed by atoms with Gasteiger partial charge in [0.25, 0.3) is 10.2 Å². The van der Waals surface area contributed by atoms with Crippen molar-refractivity contribution in [1.29, 1.82) is 0 Å². The van der Waals surface area contributed by atoms with Crippen LogP contribution in [-0.2, 0) is 10.2 Å². The standard InChI is InChI=1S/C11H24N2O3S/c1-9-4-10(2)7-13(6-9)17(15,16)12-5-11(3)8-14/h9-12,14H,4-8H2,1-3H3. The summed E-state index contributed by atoms with van der Waals surface area (Å²) in [5.41, 5.74) is 0. The Bertz CT molecular complexity index is 322. The van der Waals surface area contributed by atoms with Crippen molar-refractivity contribution < 1.29 is 13.5 Å². The molecule has 3 unspecified atom stereocenters. The van der Waals surface area contributed by atoms with E-state index in [2.05, 4.69) is 18.6 Å². The fraction of sp³-hybridized carbons (Fsp3) is 1.00. The number of aliphatic hydroxyl groups is 1. The summed E-state index contributed by atoms with van der Waals surface area (Å²) in [5, 5.41) is 8.88. The smallest absolute Gasteiger partial charge is 0.279 e. The molecule has 0 saturated carbocycles. The highest BCUT2D eigenvalue weighted by molar-refractivity contribution is 7.87. The van der Waals surface area contributed by atoms with Crippen LogP contribution in [0.5, 0.6) is 0 Å². The van der Waals surface area contributed by atoms with Gasteiger partial charge in [0, 0.05) is 26.2 Å². The highest BCUT2D eigenvalue weighted by Gasteiger charge is 2.30. The van der Waals surface area contributed by atoms with Crippen molar-refractivity contribution in [3.8, 4) is 0 Å². The lowest BCUT2D eigenvalue weighted by molar-refractivity contribution is 0.216. The van der Waals surface area contributed by atoms with Gasteiger partial charge >= 0.3 is 0 Å². The van der Waals surface area contributed by atoms with E-state index in [0.717, 1.165) is 6.42 Å². The van der Waals surface area contributed by atoms with Crippen LogP contribution in [0, 0.1) is 17.8 Å². The average Bonchev–Trinajstić information content (AvgIpc) is 2.24. The van der Waals surface area contributed by atoms with Gasteiger partial charge in [0.2, 0.25) is 0 Å². The molecule has 1 aliphatic heterocycles. The van der Waals surface area contributed by atoms with Crippen molar-refractivity contribution in [1.82, 2.24) is 9.03 Å². The summed E-state index contributed by atoms with van der Waals surface area (Å²) in [7, 11) is -3.38. The van der Waals surface area contributed by atoms with Crippen molar-refractivity contribution in [2.45, 2.75) is 27.2 Å². The summed E-state index contributed by atoms with van der Waals surface area (Å²) < 4.78 is 28.1. The summed E-state index contributed by atoms with van der Waals surface area (Å²) in [6.07, 6.45) is 1.08. The van der Waals surface area contributed by atoms with Gasteiger partial charge in [0.1, 0.15) is 0 Å². The molecule has 0 amide bonds. The van der Waals surface area contributed by atoms with Crippen LogP contribution in [0.15, 0.2) is 0 Å². The van der Waals surface area contributed by atoms with Gasteiger partial charge in [-0.25, -0.2) is 4.72 Å². The highest BCUT2D eigenvalue weighted by atomic mass is 32.2. The van der Waals surface area contributed by atoms with Crippen molar-refractivity contribution in [3.05, 3.63) is 0 Å². The van der Waals surface area contributed by atoms with Crippen molar-refractivity contribution in [2.75, 3.05) is 26.2 Å². The summed E-state index contributed by atoms with van der Waals surface area (Å²) in [4.78, 5) is 0. The molecule has 0 bridgehead atoms. The van der Waals surface area contributed by atoms with Crippen LogP contribution >= 0.6 is 0 Å². The number of hydrogen-bond acceptors (Lipinski definition) is 3. The maximum absolute atomic E-state index is 12.0. The highest BCUT2D eigenvalue weighted by Crippen LogP contribution is 2.22. The number of aliphatic hydroxyl groups excluding tert-OH is 1. The second-order valence-electron chi connectivity index (χ2n) is 5.40. The quantitative estimate of drug-likeness (QED) is 0.756. The van der Waals surface area contributed by atoms with Crippen LogP contribution in [0.1, 0.15) is 27.2 Å². The molecule has 0 aromatic carbocycles. The van der Waals surface area contributed by atoms with Crippen LogP contribution in [-0.4, -0.2) is 44.1 Å². The first kappa shape index (κ1) is 14.9. The predicted molar refractivity (Wildman–Crippen MR) is 67.7 cm³/mol. The van der Waals surface area contributed by atoms with E-state index in [1.54, 1.807) is 0 Å². The Hall–Kier alpha value is -0.170. The fourth-order valence-electron chi connectivity index (χ4n) is 2.21. The van der Waals surface area contributed by atoms with Crippen molar-refractivity contribution in [3.63, 3.8) is 0 Å². The number of nitrogens with one attached hydrogen (secondary N) is 1. The molecular weight excluding hydrogens is 240 g/mol. The Morgan fingerprint density at radius 2 is 1.88 bits per heavy atom. The molecule has 0 aromatic heterocycles. The third kappa shape index (κ3) is 4.54. The van der Waals surface area contributed by atoms with E-state index in [4.69, 9.17) is 5.11 Å². The van der Waals surface area contributed by atoms with Gasteiger partial charge in [-0.1, -0.05) is 20.8 Å². The first-order valence-electron chi connectivity index (χ1n) is 6.20. The fourth-order valence-corrected chi connectivity index (χ4v) is 3.78. The van der Waals surface area contributed by atoms with E-state index in [0.29, 0.717) is 24.9 Å². The van der Waals surface area contributed by atoms with Gasteiger partial charge in [0.05, 0.1) is 0 Å². The third-order valence-corrected chi connectivity index (χ3v) is 4.61.